The van der Waals surface area contributed by atoms with Gasteiger partial charge in [-0.2, -0.15) is 0 Å². The van der Waals surface area contributed by atoms with E-state index in [1.807, 2.05) is 0 Å². The van der Waals surface area contributed by atoms with Crippen LogP contribution in [-0.2, 0) is 38.4 Å². The van der Waals surface area contributed by atoms with Crippen LogP contribution in [0.15, 0.2) is 0 Å². The van der Waals surface area contributed by atoms with Crippen LogP contribution in [0.1, 0.15) is 66.7 Å². The van der Waals surface area contributed by atoms with Gasteiger partial charge < -0.3 is 53.2 Å². The fraction of sp³-hybridized carbons (Fsp3) is 0.714. The van der Waals surface area contributed by atoms with Crippen LogP contribution in [0.25, 0.3) is 0 Å². The van der Waals surface area contributed by atoms with E-state index < -0.39 is 102 Å². The fourth-order valence-electron chi connectivity index (χ4n) is 4.40. The predicted molar refractivity (Wildman–Crippen MR) is 162 cm³/mol. The minimum atomic E-state index is -1.65. The Morgan fingerprint density at radius 2 is 1.54 bits per heavy atom. The van der Waals surface area contributed by atoms with Gasteiger partial charge >= 0.3 is 5.97 Å². The predicted octanol–water partition coefficient (Wildman–Crippen LogP) is -3.90. The molecule has 7 amide bonds. The summed E-state index contributed by atoms with van der Waals surface area (Å²) >= 11 is 0. The van der Waals surface area contributed by atoms with Crippen molar-refractivity contribution in [2.75, 3.05) is 19.6 Å². The minimum absolute atomic E-state index is 0.120. The van der Waals surface area contributed by atoms with Crippen molar-refractivity contribution in [2.24, 2.45) is 11.7 Å². The molecule has 0 aromatic carbocycles. The number of aliphatic hydroxyl groups excluding tert-OH is 1. The second-order valence-corrected chi connectivity index (χ2v) is 11.8. The van der Waals surface area contributed by atoms with Gasteiger partial charge in [0.05, 0.1) is 18.7 Å². The third kappa shape index (κ3) is 13.4. The van der Waals surface area contributed by atoms with E-state index >= 15 is 0 Å². The average Bonchev–Trinajstić information content (AvgIpc) is 3.52. The number of aliphatic hydroxyl groups is 1. The van der Waals surface area contributed by atoms with Crippen LogP contribution in [0.4, 0.5) is 0 Å². The minimum Gasteiger partial charge on any atom is -0.480 e. The summed E-state index contributed by atoms with van der Waals surface area (Å²) in [6, 6.07) is -4.52. The van der Waals surface area contributed by atoms with E-state index in [2.05, 4.69) is 37.2 Å². The van der Waals surface area contributed by atoms with Crippen LogP contribution in [0.3, 0.4) is 0 Å². The Balaban J connectivity index is 3.01. The first-order valence-electron chi connectivity index (χ1n) is 15.1. The molecule has 0 radical (unpaired) electrons. The van der Waals surface area contributed by atoms with Gasteiger partial charge in [-0.1, -0.05) is 20.3 Å². The van der Waals surface area contributed by atoms with Crippen LogP contribution < -0.4 is 43.0 Å². The first-order valence-corrected chi connectivity index (χ1v) is 15.1. The van der Waals surface area contributed by atoms with Crippen molar-refractivity contribution >= 4 is 47.3 Å². The first kappa shape index (κ1) is 39.7. The highest BCUT2D eigenvalue weighted by Gasteiger charge is 2.37. The molecule has 11 N–H and O–H groups in total. The number of carbonyl (C=O) groups excluding carboxylic acids is 7. The van der Waals surface area contributed by atoms with Crippen molar-refractivity contribution in [1.29, 1.82) is 0 Å². The summed E-state index contributed by atoms with van der Waals surface area (Å²) < 4.78 is 0. The average molecular weight is 657 g/mol. The number of carbonyl (C=O) groups is 8. The van der Waals surface area contributed by atoms with Crippen molar-refractivity contribution in [3.8, 4) is 0 Å². The normalized spacial score (nSPS) is 17.7. The molecule has 0 bridgehead atoms. The van der Waals surface area contributed by atoms with E-state index in [1.54, 1.807) is 13.8 Å². The SMILES string of the molecule is CC[C@H](C)[C@H](NC(=O)[C@H](CCC(N)=O)NC(=O)[C@@H]1CCCN1)C(=O)N[C@H](C(=O)NC(C)(C)C(=O)NCC(=O)NCC(=O)O)[C@@H](C)O. The maximum atomic E-state index is 13.5. The number of nitrogens with two attached hydrogens (primary N) is 1. The number of primary amides is 1. The number of carboxylic acid groups (broad SMARTS) is 1. The summed E-state index contributed by atoms with van der Waals surface area (Å²) in [7, 11) is 0. The van der Waals surface area contributed by atoms with Crippen molar-refractivity contribution in [1.82, 2.24) is 37.2 Å². The number of carboxylic acids is 1. The molecule has 1 fully saturated rings. The van der Waals surface area contributed by atoms with Crippen LogP contribution in [-0.4, -0.2) is 113 Å². The molecular formula is C28H48N8O10. The molecule has 1 rings (SSSR count). The molecule has 1 heterocycles. The van der Waals surface area contributed by atoms with Gasteiger partial charge in [0.2, 0.25) is 41.4 Å². The topological polar surface area (TPSA) is 287 Å². The molecule has 260 valence electrons. The molecule has 46 heavy (non-hydrogen) atoms. The highest BCUT2D eigenvalue weighted by Crippen LogP contribution is 2.12. The Labute approximate surface area is 267 Å². The number of hydrogen-bond donors (Lipinski definition) is 10. The largest absolute Gasteiger partial charge is 0.480 e. The molecule has 18 heteroatoms. The smallest absolute Gasteiger partial charge is 0.322 e. The Hall–Kier alpha value is -4.32. The Kier molecular flexibility index (Phi) is 16.1. The van der Waals surface area contributed by atoms with Gasteiger partial charge in [0.15, 0.2) is 0 Å². The molecule has 0 saturated carbocycles. The number of hydrogen-bond acceptors (Lipinski definition) is 10. The molecule has 0 aliphatic carbocycles. The number of rotatable bonds is 19. The van der Waals surface area contributed by atoms with Gasteiger partial charge in [0, 0.05) is 6.42 Å². The quantitative estimate of drug-likeness (QED) is 0.0641. The lowest BCUT2D eigenvalue weighted by Crippen LogP contribution is -2.64. The third-order valence-electron chi connectivity index (χ3n) is 7.39. The van der Waals surface area contributed by atoms with Gasteiger partial charge in [-0.15, -0.1) is 0 Å². The third-order valence-corrected chi connectivity index (χ3v) is 7.39. The lowest BCUT2D eigenvalue weighted by molar-refractivity contribution is -0.139. The van der Waals surface area contributed by atoms with E-state index in [-0.39, 0.29) is 12.8 Å². The zero-order valence-electron chi connectivity index (χ0n) is 26.9. The summed E-state index contributed by atoms with van der Waals surface area (Å²) in [4.78, 5) is 99.0. The van der Waals surface area contributed by atoms with E-state index in [0.29, 0.717) is 19.4 Å². The lowest BCUT2D eigenvalue weighted by atomic mass is 9.96. The van der Waals surface area contributed by atoms with Gasteiger partial charge in [-0.3, -0.25) is 38.4 Å². The molecule has 0 spiro atoms. The first-order chi connectivity index (χ1) is 21.4. The summed E-state index contributed by atoms with van der Waals surface area (Å²) in [5, 5.41) is 36.3. The zero-order valence-corrected chi connectivity index (χ0v) is 26.9. The summed E-state index contributed by atoms with van der Waals surface area (Å²) in [6.07, 6.45) is -0.0425. The van der Waals surface area contributed by atoms with E-state index in [9.17, 15) is 43.5 Å². The molecule has 1 aliphatic rings. The second-order valence-electron chi connectivity index (χ2n) is 11.8. The molecule has 1 aliphatic heterocycles. The van der Waals surface area contributed by atoms with Gasteiger partial charge in [0.25, 0.3) is 0 Å². The van der Waals surface area contributed by atoms with Crippen molar-refractivity contribution in [3.05, 3.63) is 0 Å². The summed E-state index contributed by atoms with van der Waals surface area (Å²) in [6.45, 7) is 6.68. The number of aliphatic carboxylic acids is 1. The zero-order chi connectivity index (χ0) is 35.2. The molecule has 6 atom stereocenters. The fourth-order valence-corrected chi connectivity index (χ4v) is 4.40. The monoisotopic (exact) mass is 656 g/mol. The van der Waals surface area contributed by atoms with E-state index in [4.69, 9.17) is 10.8 Å². The Morgan fingerprint density at radius 3 is 2.07 bits per heavy atom. The Bertz CT molecular complexity index is 1140. The number of nitrogens with one attached hydrogen (secondary N) is 7. The summed E-state index contributed by atoms with van der Waals surface area (Å²) in [5.74, 6) is -7.03. The molecule has 0 aromatic rings. The molecule has 18 nitrogen and oxygen atoms in total. The lowest BCUT2D eigenvalue weighted by Gasteiger charge is -2.31. The molecule has 0 aromatic heterocycles. The Morgan fingerprint density at radius 1 is 0.913 bits per heavy atom. The van der Waals surface area contributed by atoms with Gasteiger partial charge in [0.1, 0.15) is 30.2 Å². The number of amides is 7. The highest BCUT2D eigenvalue weighted by atomic mass is 16.4. The summed E-state index contributed by atoms with van der Waals surface area (Å²) in [5.41, 5.74) is 3.61. The van der Waals surface area contributed by atoms with Gasteiger partial charge in [-0.05, 0) is 52.5 Å². The van der Waals surface area contributed by atoms with Gasteiger partial charge in [-0.25, -0.2) is 0 Å². The molecule has 1 saturated heterocycles. The highest BCUT2D eigenvalue weighted by molar-refractivity contribution is 5.97. The standard InChI is InChI=1S/C28H48N8O10/c1-6-14(2)21(34-24(43)17(9-10-18(29)38)33-23(42)16-8-7-11-30-16)25(44)35-22(15(3)37)26(45)36-28(4,5)27(46)32-12-19(39)31-13-20(40)41/h14-17,21-22,30,37H,6-13H2,1-5H3,(H2,29,38)(H,31,39)(H,32,46)(H,33,42)(H,34,43)(H,35,44)(H,36,45)(H,40,41)/t14-,15+,16-,17-,21-,22-/m0/s1. The van der Waals surface area contributed by atoms with Crippen LogP contribution in [0, 0.1) is 5.92 Å². The van der Waals surface area contributed by atoms with Crippen LogP contribution >= 0.6 is 0 Å². The van der Waals surface area contributed by atoms with Crippen molar-refractivity contribution in [3.63, 3.8) is 0 Å². The second kappa shape index (κ2) is 18.6. The maximum Gasteiger partial charge on any atom is 0.322 e. The van der Waals surface area contributed by atoms with E-state index in [1.165, 1.54) is 20.8 Å². The van der Waals surface area contributed by atoms with Crippen molar-refractivity contribution in [2.45, 2.75) is 103 Å². The molecule has 0 unspecified atom stereocenters. The van der Waals surface area contributed by atoms with Crippen LogP contribution in [0.2, 0.25) is 0 Å². The molecular weight excluding hydrogens is 608 g/mol. The van der Waals surface area contributed by atoms with Crippen molar-refractivity contribution < 1.29 is 48.6 Å². The van der Waals surface area contributed by atoms with E-state index in [0.717, 1.165) is 6.42 Å². The maximum absolute atomic E-state index is 13.5. The van der Waals surface area contributed by atoms with Crippen LogP contribution in [0.5, 0.6) is 0 Å².